The van der Waals surface area contributed by atoms with E-state index in [0.717, 1.165) is 54.7 Å². The van der Waals surface area contributed by atoms with Crippen LogP contribution in [-0.2, 0) is 11.3 Å². The molecule has 10 nitrogen and oxygen atoms in total. The Kier molecular flexibility index (Phi) is 7.03. The van der Waals surface area contributed by atoms with Gasteiger partial charge < -0.3 is 25.3 Å². The molecule has 1 unspecified atom stereocenters. The summed E-state index contributed by atoms with van der Waals surface area (Å²) in [5.41, 5.74) is 1.34. The fraction of sp³-hybridized carbons (Fsp3) is 0.577. The number of carboxylic acid groups (broad SMARTS) is 1. The van der Waals surface area contributed by atoms with Crippen LogP contribution in [0.25, 0.3) is 10.3 Å². The zero-order valence-electron chi connectivity index (χ0n) is 21.6. The number of likely N-dealkylation sites (tertiary alicyclic amines) is 1. The van der Waals surface area contributed by atoms with Crippen LogP contribution in [0.2, 0.25) is 0 Å². The fourth-order valence-corrected chi connectivity index (χ4v) is 6.68. The maximum atomic E-state index is 12.3. The van der Waals surface area contributed by atoms with Crippen molar-refractivity contribution in [2.45, 2.75) is 89.6 Å². The molecule has 0 radical (unpaired) electrons. The Bertz CT molecular complexity index is 1240. The number of aromatic nitrogens is 4. The third kappa shape index (κ3) is 5.39. The summed E-state index contributed by atoms with van der Waals surface area (Å²) in [6.45, 7) is 7.65. The van der Waals surface area contributed by atoms with Gasteiger partial charge in [0.05, 0.1) is 18.2 Å². The van der Waals surface area contributed by atoms with Crippen molar-refractivity contribution in [1.29, 1.82) is 0 Å². The highest BCUT2D eigenvalue weighted by molar-refractivity contribution is 7.21. The molecule has 2 atom stereocenters. The molecule has 2 aliphatic rings. The second-order valence-corrected chi connectivity index (χ2v) is 12.3. The Hall–Kier alpha value is -2.89. The maximum absolute atomic E-state index is 12.3. The average molecular weight is 527 g/mol. The Labute approximate surface area is 220 Å². The number of aliphatic carboxylic acids is 1. The topological polar surface area (TPSA) is 133 Å². The Morgan fingerprint density at radius 2 is 1.95 bits per heavy atom. The molecule has 198 valence electrons. The van der Waals surface area contributed by atoms with Crippen molar-refractivity contribution in [3.05, 3.63) is 30.1 Å². The number of nitrogens with one attached hydrogen (secondary N) is 2. The van der Waals surface area contributed by atoms with Crippen LogP contribution in [-0.4, -0.2) is 70.9 Å². The molecule has 1 aliphatic heterocycles. The molecule has 2 fully saturated rings. The molecular formula is C26H36N7O3S+. The molecule has 4 heterocycles. The van der Waals surface area contributed by atoms with E-state index in [2.05, 4.69) is 41.4 Å². The van der Waals surface area contributed by atoms with E-state index < -0.39 is 12.0 Å². The Morgan fingerprint density at radius 1 is 1.16 bits per heavy atom. The summed E-state index contributed by atoms with van der Waals surface area (Å²) in [6, 6.07) is 5.41. The van der Waals surface area contributed by atoms with Crippen LogP contribution in [0.3, 0.4) is 0 Å². The predicted octanol–water partition coefficient (Wildman–Crippen LogP) is 4.30. The number of quaternary nitrogens is 1. The highest BCUT2D eigenvalue weighted by Gasteiger charge is 2.53. The first-order chi connectivity index (χ1) is 17.6. The lowest BCUT2D eigenvalue weighted by Crippen LogP contribution is -2.64. The third-order valence-corrected chi connectivity index (χ3v) is 8.80. The summed E-state index contributed by atoms with van der Waals surface area (Å²) in [6.07, 6.45) is 6.26. The van der Waals surface area contributed by atoms with Crippen molar-refractivity contribution < 1.29 is 19.5 Å². The number of rotatable bonds is 7. The maximum Gasteiger partial charge on any atom is 0.362 e. The number of aliphatic hydroxyl groups excluding tert-OH is 1. The zero-order chi connectivity index (χ0) is 26.2. The van der Waals surface area contributed by atoms with E-state index in [-0.39, 0.29) is 17.7 Å². The van der Waals surface area contributed by atoms with E-state index in [1.807, 2.05) is 18.2 Å². The molecule has 1 aliphatic carbocycles. The largest absolute Gasteiger partial charge is 0.477 e. The van der Waals surface area contributed by atoms with Crippen molar-refractivity contribution in [2.24, 2.45) is 0 Å². The zero-order valence-corrected chi connectivity index (χ0v) is 22.5. The van der Waals surface area contributed by atoms with Crippen LogP contribution in [0.1, 0.15) is 65.0 Å². The fourth-order valence-electron chi connectivity index (χ4n) is 5.87. The number of aliphatic hydroxyl groups is 1. The molecule has 0 bridgehead atoms. The van der Waals surface area contributed by atoms with E-state index in [1.54, 1.807) is 6.20 Å². The van der Waals surface area contributed by atoms with Crippen molar-refractivity contribution in [2.75, 3.05) is 17.2 Å². The molecule has 11 heteroatoms. The number of hydrogen-bond acceptors (Lipinski definition) is 9. The van der Waals surface area contributed by atoms with Gasteiger partial charge in [0.2, 0.25) is 5.95 Å². The van der Waals surface area contributed by atoms with Gasteiger partial charge in [-0.25, -0.2) is 19.7 Å². The van der Waals surface area contributed by atoms with Gasteiger partial charge in [-0.2, -0.15) is 4.98 Å². The van der Waals surface area contributed by atoms with Crippen LogP contribution < -0.4 is 10.6 Å². The minimum absolute atomic E-state index is 0.183. The van der Waals surface area contributed by atoms with Gasteiger partial charge in [0.15, 0.2) is 11.2 Å². The molecule has 37 heavy (non-hydrogen) atoms. The summed E-state index contributed by atoms with van der Waals surface area (Å²) in [5, 5.41) is 27.5. The lowest BCUT2D eigenvalue weighted by molar-refractivity contribution is -0.986. The van der Waals surface area contributed by atoms with E-state index in [0.29, 0.717) is 34.3 Å². The van der Waals surface area contributed by atoms with Crippen molar-refractivity contribution >= 4 is 44.6 Å². The lowest BCUT2D eigenvalue weighted by atomic mass is 9.93. The van der Waals surface area contributed by atoms with Gasteiger partial charge in [-0.1, -0.05) is 11.3 Å². The molecule has 3 aromatic rings. The molecule has 0 amide bonds. The van der Waals surface area contributed by atoms with Crippen molar-refractivity contribution in [3.63, 3.8) is 0 Å². The van der Waals surface area contributed by atoms with E-state index in [1.165, 1.54) is 11.3 Å². The summed E-state index contributed by atoms with van der Waals surface area (Å²) in [7, 11) is 0. The normalized spacial score (nSPS) is 26.3. The van der Waals surface area contributed by atoms with Gasteiger partial charge in [0.1, 0.15) is 28.4 Å². The van der Waals surface area contributed by atoms with E-state index in [9.17, 15) is 15.0 Å². The summed E-state index contributed by atoms with van der Waals surface area (Å²) in [4.78, 5) is 31.8. The van der Waals surface area contributed by atoms with Crippen LogP contribution in [0.5, 0.6) is 0 Å². The number of nitrogens with zero attached hydrogens (tertiary/aromatic N) is 5. The average Bonchev–Trinajstić information content (AvgIpc) is 3.44. The molecule has 1 saturated heterocycles. The third-order valence-electron chi connectivity index (χ3n) is 7.91. The van der Waals surface area contributed by atoms with Crippen LogP contribution in [0.4, 0.5) is 16.9 Å². The first-order valence-corrected chi connectivity index (χ1v) is 13.9. The standard InChI is InChI=1S/C26H35N7O3S/c1-26(2,3)33(13-5-7-20(33)23(35)36)15-17-14-21(32-25-30-19-6-4-12-27-22(19)37-25)31-24(29-17)28-16-8-10-18(34)11-9-16/h4,6,12,14,16,18,20,34H,5,7-11,13,15H2,1-3H3,(H2-,28,29,30,31,32,35,36)/p+1/t16?,18?,20-,33?/m0/s1. The van der Waals surface area contributed by atoms with Crippen LogP contribution >= 0.6 is 11.3 Å². The Balaban J connectivity index is 1.49. The van der Waals surface area contributed by atoms with E-state index >= 15 is 0 Å². The van der Waals surface area contributed by atoms with Crippen LogP contribution in [0.15, 0.2) is 24.4 Å². The van der Waals surface area contributed by atoms with E-state index in [4.69, 9.17) is 9.97 Å². The number of carbonyl (C=O) groups is 1. The summed E-state index contributed by atoms with van der Waals surface area (Å²) >= 11 is 1.46. The highest BCUT2D eigenvalue weighted by atomic mass is 32.1. The SMILES string of the molecule is CC(C)(C)[N+]1(Cc2cc(Nc3nc4cccnc4s3)nc(NC3CCC(O)CC3)n2)CCC[C@H]1C(=O)O. The minimum Gasteiger partial charge on any atom is -0.477 e. The van der Waals surface area contributed by atoms with Crippen molar-refractivity contribution in [3.8, 4) is 0 Å². The van der Waals surface area contributed by atoms with Crippen LogP contribution in [0, 0.1) is 0 Å². The van der Waals surface area contributed by atoms with Gasteiger partial charge in [-0.3, -0.25) is 0 Å². The molecule has 0 aromatic carbocycles. The first-order valence-electron chi connectivity index (χ1n) is 13.0. The molecule has 1 saturated carbocycles. The number of anilines is 3. The molecule has 5 rings (SSSR count). The monoisotopic (exact) mass is 526 g/mol. The summed E-state index contributed by atoms with van der Waals surface area (Å²) < 4.78 is 0.443. The number of fused-ring (bicyclic) bond motifs is 1. The second-order valence-electron chi connectivity index (χ2n) is 11.3. The number of hydrogen-bond donors (Lipinski definition) is 4. The highest BCUT2D eigenvalue weighted by Crippen LogP contribution is 2.39. The molecular weight excluding hydrogens is 490 g/mol. The number of thiazole rings is 1. The quantitative estimate of drug-likeness (QED) is 0.332. The summed E-state index contributed by atoms with van der Waals surface area (Å²) in [5.74, 6) is 0.375. The van der Waals surface area contributed by atoms with Gasteiger partial charge in [-0.05, 0) is 58.6 Å². The lowest BCUT2D eigenvalue weighted by Gasteiger charge is -2.48. The van der Waals surface area contributed by atoms with Gasteiger partial charge in [-0.15, -0.1) is 0 Å². The number of carboxylic acids is 1. The molecule has 3 aromatic heterocycles. The molecule has 0 spiro atoms. The van der Waals surface area contributed by atoms with Gasteiger partial charge in [0.25, 0.3) is 0 Å². The Morgan fingerprint density at radius 3 is 2.65 bits per heavy atom. The minimum atomic E-state index is -0.749. The second kappa shape index (κ2) is 10.1. The smallest absolute Gasteiger partial charge is 0.362 e. The van der Waals surface area contributed by atoms with Crippen molar-refractivity contribution in [1.82, 2.24) is 19.9 Å². The van der Waals surface area contributed by atoms with Gasteiger partial charge in [0, 0.05) is 31.1 Å². The van der Waals surface area contributed by atoms with Gasteiger partial charge >= 0.3 is 5.97 Å². The number of pyridine rings is 1. The first kappa shape index (κ1) is 25.7. The molecule has 4 N–H and O–H groups in total. The predicted molar refractivity (Wildman–Crippen MR) is 144 cm³/mol.